The zero-order valence-electron chi connectivity index (χ0n) is 11.2. The van der Waals surface area contributed by atoms with Crippen LogP contribution >= 0.6 is 0 Å². The average molecular weight is 253 g/mol. The number of Topliss-reactive ketones (excluding diaryl/α,β-unsaturated/α-hetero) is 1. The molecule has 0 atom stereocenters. The van der Waals surface area contributed by atoms with Crippen LogP contribution < -0.4 is 0 Å². The Hall–Kier alpha value is -1.78. The molecule has 0 saturated carbocycles. The van der Waals surface area contributed by atoms with Gasteiger partial charge in [-0.15, -0.1) is 0 Å². The molecule has 0 unspecified atom stereocenters. The normalized spacial score (nSPS) is 11.1. The zero-order chi connectivity index (χ0) is 13.8. The van der Waals surface area contributed by atoms with Crippen LogP contribution in [0.1, 0.15) is 38.2 Å². The van der Waals surface area contributed by atoms with Gasteiger partial charge in [-0.25, -0.2) is 4.79 Å². The van der Waals surface area contributed by atoms with E-state index < -0.39 is 11.7 Å². The van der Waals surface area contributed by atoms with E-state index in [-0.39, 0.29) is 18.1 Å². The minimum absolute atomic E-state index is 0.0427. The van der Waals surface area contributed by atoms with Crippen molar-refractivity contribution in [3.05, 3.63) is 24.2 Å². The number of ketones is 1. The van der Waals surface area contributed by atoms with Crippen molar-refractivity contribution in [2.45, 2.75) is 33.3 Å². The fourth-order valence-electron chi connectivity index (χ4n) is 1.32. The van der Waals surface area contributed by atoms with Crippen LogP contribution in [0, 0.1) is 0 Å². The predicted molar refractivity (Wildman–Crippen MR) is 66.5 cm³/mol. The molecule has 1 heterocycles. The minimum Gasteiger partial charge on any atom is -0.461 e. The summed E-state index contributed by atoms with van der Waals surface area (Å²) < 4.78 is 10.2. The molecular formula is C13H19NO4. The first-order valence-electron chi connectivity index (χ1n) is 5.88. The van der Waals surface area contributed by atoms with Crippen molar-refractivity contribution < 1.29 is 18.7 Å². The van der Waals surface area contributed by atoms with Crippen LogP contribution in [0.25, 0.3) is 0 Å². The third-order valence-corrected chi connectivity index (χ3v) is 2.16. The van der Waals surface area contributed by atoms with Gasteiger partial charge < -0.3 is 14.1 Å². The fraction of sp³-hybridized carbons (Fsp3) is 0.538. The lowest BCUT2D eigenvalue weighted by Crippen LogP contribution is -2.39. The van der Waals surface area contributed by atoms with E-state index in [1.54, 1.807) is 39.8 Å². The number of furan rings is 1. The van der Waals surface area contributed by atoms with Crippen molar-refractivity contribution in [2.24, 2.45) is 0 Å². The molecule has 18 heavy (non-hydrogen) atoms. The molecule has 5 nitrogen and oxygen atoms in total. The Kier molecular flexibility index (Phi) is 4.53. The molecule has 100 valence electrons. The van der Waals surface area contributed by atoms with Gasteiger partial charge in [0.15, 0.2) is 5.76 Å². The molecule has 0 aliphatic carbocycles. The summed E-state index contributed by atoms with van der Waals surface area (Å²) in [6.07, 6.45) is 0.932. The SMILES string of the molecule is CCN(CC(=O)c1ccco1)C(=O)OC(C)(C)C. The van der Waals surface area contributed by atoms with Gasteiger partial charge in [-0.3, -0.25) is 4.79 Å². The quantitative estimate of drug-likeness (QED) is 0.774. The number of hydrogen-bond acceptors (Lipinski definition) is 4. The molecule has 0 fully saturated rings. The second-order valence-electron chi connectivity index (χ2n) is 4.89. The highest BCUT2D eigenvalue weighted by atomic mass is 16.6. The van der Waals surface area contributed by atoms with Crippen LogP contribution in [-0.2, 0) is 4.74 Å². The van der Waals surface area contributed by atoms with Gasteiger partial charge in [0.2, 0.25) is 5.78 Å². The van der Waals surface area contributed by atoms with Gasteiger partial charge in [0.1, 0.15) is 5.60 Å². The Morgan fingerprint density at radius 3 is 2.50 bits per heavy atom. The first-order valence-corrected chi connectivity index (χ1v) is 5.88. The Morgan fingerprint density at radius 1 is 1.39 bits per heavy atom. The van der Waals surface area contributed by atoms with Gasteiger partial charge in [0.05, 0.1) is 12.8 Å². The lowest BCUT2D eigenvalue weighted by molar-refractivity contribution is 0.0255. The van der Waals surface area contributed by atoms with Gasteiger partial charge in [-0.2, -0.15) is 0 Å². The maximum Gasteiger partial charge on any atom is 0.410 e. The van der Waals surface area contributed by atoms with Crippen LogP contribution in [0.3, 0.4) is 0 Å². The number of amides is 1. The van der Waals surface area contributed by atoms with Crippen LogP contribution in [0.15, 0.2) is 22.8 Å². The molecule has 5 heteroatoms. The number of ether oxygens (including phenoxy) is 1. The summed E-state index contributed by atoms with van der Waals surface area (Å²) in [7, 11) is 0. The molecule has 0 bridgehead atoms. The summed E-state index contributed by atoms with van der Waals surface area (Å²) in [6.45, 7) is 7.51. The third kappa shape index (κ3) is 4.24. The van der Waals surface area contributed by atoms with E-state index in [2.05, 4.69) is 0 Å². The number of carbonyl (C=O) groups is 2. The maximum absolute atomic E-state index is 11.8. The molecule has 1 amide bonds. The van der Waals surface area contributed by atoms with Crippen LogP contribution in [0.2, 0.25) is 0 Å². The highest BCUT2D eigenvalue weighted by molar-refractivity contribution is 5.96. The van der Waals surface area contributed by atoms with E-state index in [0.29, 0.717) is 6.54 Å². The highest BCUT2D eigenvalue weighted by Gasteiger charge is 2.23. The standard InChI is InChI=1S/C13H19NO4/c1-5-14(12(16)18-13(2,3)4)9-10(15)11-7-6-8-17-11/h6-8H,5,9H2,1-4H3. The van der Waals surface area contributed by atoms with Crippen molar-refractivity contribution in [3.8, 4) is 0 Å². The largest absolute Gasteiger partial charge is 0.461 e. The van der Waals surface area contributed by atoms with Crippen LogP contribution in [0.5, 0.6) is 0 Å². The summed E-state index contributed by atoms with van der Waals surface area (Å²) in [4.78, 5) is 25.0. The van der Waals surface area contributed by atoms with E-state index >= 15 is 0 Å². The molecule has 0 aromatic carbocycles. The number of carbonyl (C=O) groups excluding carboxylic acids is 2. The van der Waals surface area contributed by atoms with Gasteiger partial charge in [0, 0.05) is 6.54 Å². The fourth-order valence-corrected chi connectivity index (χ4v) is 1.32. The first-order chi connectivity index (χ1) is 8.33. The minimum atomic E-state index is -0.571. The van der Waals surface area contributed by atoms with Crippen molar-refractivity contribution in [2.75, 3.05) is 13.1 Å². The topological polar surface area (TPSA) is 59.8 Å². The molecule has 0 radical (unpaired) electrons. The first kappa shape index (κ1) is 14.3. The number of rotatable bonds is 4. The molecule has 0 aliphatic rings. The second kappa shape index (κ2) is 5.71. The summed E-state index contributed by atoms with van der Waals surface area (Å²) in [5.41, 5.74) is -0.571. The van der Waals surface area contributed by atoms with Gasteiger partial charge in [0.25, 0.3) is 0 Å². The summed E-state index contributed by atoms with van der Waals surface area (Å²) in [5, 5.41) is 0. The highest BCUT2D eigenvalue weighted by Crippen LogP contribution is 2.11. The monoisotopic (exact) mass is 253 g/mol. The van der Waals surface area contributed by atoms with Gasteiger partial charge in [-0.05, 0) is 39.8 Å². The van der Waals surface area contributed by atoms with Crippen molar-refractivity contribution >= 4 is 11.9 Å². The van der Waals surface area contributed by atoms with Gasteiger partial charge >= 0.3 is 6.09 Å². The number of hydrogen-bond donors (Lipinski definition) is 0. The predicted octanol–water partition coefficient (Wildman–Crippen LogP) is 2.72. The van der Waals surface area contributed by atoms with Gasteiger partial charge in [-0.1, -0.05) is 0 Å². The van der Waals surface area contributed by atoms with E-state index in [1.165, 1.54) is 11.2 Å². The third-order valence-electron chi connectivity index (χ3n) is 2.16. The van der Waals surface area contributed by atoms with Crippen LogP contribution in [0.4, 0.5) is 4.79 Å². The average Bonchev–Trinajstić information content (AvgIpc) is 2.76. The lowest BCUT2D eigenvalue weighted by atomic mass is 10.2. The summed E-state index contributed by atoms with van der Waals surface area (Å²) in [6, 6.07) is 3.21. The lowest BCUT2D eigenvalue weighted by Gasteiger charge is -2.25. The molecule has 0 aliphatic heterocycles. The Bertz CT molecular complexity index is 403. The van der Waals surface area contributed by atoms with Crippen molar-refractivity contribution in [3.63, 3.8) is 0 Å². The summed E-state index contributed by atoms with van der Waals surface area (Å²) in [5.74, 6) is 0.00437. The molecule has 1 aromatic heterocycles. The molecule has 0 N–H and O–H groups in total. The second-order valence-corrected chi connectivity index (χ2v) is 4.89. The molecule has 1 aromatic rings. The Morgan fingerprint density at radius 2 is 2.06 bits per heavy atom. The summed E-state index contributed by atoms with van der Waals surface area (Å²) >= 11 is 0. The molecule has 0 spiro atoms. The smallest absolute Gasteiger partial charge is 0.410 e. The Labute approximate surface area is 107 Å². The molecular weight excluding hydrogens is 234 g/mol. The Balaban J connectivity index is 2.62. The van der Waals surface area contributed by atoms with Crippen molar-refractivity contribution in [1.82, 2.24) is 4.90 Å². The van der Waals surface area contributed by atoms with E-state index in [1.807, 2.05) is 0 Å². The zero-order valence-corrected chi connectivity index (χ0v) is 11.2. The number of likely N-dealkylation sites (N-methyl/N-ethyl adjacent to an activating group) is 1. The van der Waals surface area contributed by atoms with Crippen molar-refractivity contribution in [1.29, 1.82) is 0 Å². The molecule has 1 rings (SSSR count). The maximum atomic E-state index is 11.8. The van der Waals surface area contributed by atoms with E-state index in [9.17, 15) is 9.59 Å². The molecule has 0 saturated heterocycles. The van der Waals surface area contributed by atoms with E-state index in [0.717, 1.165) is 0 Å². The van der Waals surface area contributed by atoms with Crippen LogP contribution in [-0.4, -0.2) is 35.5 Å². The van der Waals surface area contributed by atoms with E-state index in [4.69, 9.17) is 9.15 Å². The number of nitrogens with zero attached hydrogens (tertiary/aromatic N) is 1.